The molecule has 0 unspecified atom stereocenters. The fraction of sp³-hybridized carbons (Fsp3) is 0.0769. The van der Waals surface area contributed by atoms with E-state index in [1.807, 2.05) is 24.3 Å². The highest BCUT2D eigenvalue weighted by molar-refractivity contribution is 6.32. The van der Waals surface area contributed by atoms with Gasteiger partial charge in [0.2, 0.25) is 0 Å². The standard InChI is InChI=1S/C13H10ClNO2/c1-17-10-4-2-9(3-5-10)11-6-7-15-13(14)12(11)8-16/h2-8H,1H3. The first kappa shape index (κ1) is 11.6. The number of hydrogen-bond donors (Lipinski definition) is 0. The van der Waals surface area contributed by atoms with Crippen molar-refractivity contribution in [3.8, 4) is 16.9 Å². The van der Waals surface area contributed by atoms with E-state index in [2.05, 4.69) is 4.98 Å². The molecule has 0 amide bonds. The Labute approximate surface area is 104 Å². The summed E-state index contributed by atoms with van der Waals surface area (Å²) in [5.41, 5.74) is 2.07. The van der Waals surface area contributed by atoms with Crippen LogP contribution in [-0.2, 0) is 0 Å². The first-order valence-corrected chi connectivity index (χ1v) is 5.38. The predicted octanol–water partition coefficient (Wildman–Crippen LogP) is 3.22. The average molecular weight is 248 g/mol. The number of ether oxygens (including phenoxy) is 1. The van der Waals surface area contributed by atoms with Gasteiger partial charge in [0, 0.05) is 6.20 Å². The molecule has 0 aliphatic rings. The van der Waals surface area contributed by atoms with Crippen molar-refractivity contribution in [2.45, 2.75) is 0 Å². The van der Waals surface area contributed by atoms with E-state index in [0.717, 1.165) is 23.2 Å². The zero-order chi connectivity index (χ0) is 12.3. The van der Waals surface area contributed by atoms with E-state index >= 15 is 0 Å². The van der Waals surface area contributed by atoms with Gasteiger partial charge in [-0.15, -0.1) is 0 Å². The third kappa shape index (κ3) is 2.29. The molecule has 2 aromatic rings. The Balaban J connectivity index is 2.52. The molecular weight excluding hydrogens is 238 g/mol. The van der Waals surface area contributed by atoms with Gasteiger partial charge in [-0.25, -0.2) is 4.98 Å². The minimum atomic E-state index is 0.216. The van der Waals surface area contributed by atoms with Crippen molar-refractivity contribution in [1.29, 1.82) is 0 Å². The number of hydrogen-bond acceptors (Lipinski definition) is 3. The van der Waals surface area contributed by atoms with Gasteiger partial charge in [-0.3, -0.25) is 4.79 Å². The molecule has 0 aliphatic carbocycles. The van der Waals surface area contributed by atoms with Gasteiger partial charge < -0.3 is 4.74 Å². The van der Waals surface area contributed by atoms with Gasteiger partial charge in [0.15, 0.2) is 6.29 Å². The Kier molecular flexibility index (Phi) is 3.40. The quantitative estimate of drug-likeness (QED) is 0.618. The summed E-state index contributed by atoms with van der Waals surface area (Å²) in [6, 6.07) is 9.17. The van der Waals surface area contributed by atoms with Gasteiger partial charge in [-0.05, 0) is 29.3 Å². The monoisotopic (exact) mass is 247 g/mol. The molecule has 0 bridgehead atoms. The lowest BCUT2D eigenvalue weighted by molar-refractivity contribution is 0.112. The maximum atomic E-state index is 11.0. The summed E-state index contributed by atoms with van der Waals surface area (Å²) in [7, 11) is 1.61. The minimum absolute atomic E-state index is 0.216. The van der Waals surface area contributed by atoms with Crippen LogP contribution >= 0.6 is 11.6 Å². The van der Waals surface area contributed by atoms with E-state index < -0.39 is 0 Å². The molecule has 0 saturated heterocycles. The summed E-state index contributed by atoms with van der Waals surface area (Å²) in [5.74, 6) is 0.765. The topological polar surface area (TPSA) is 39.2 Å². The van der Waals surface area contributed by atoms with Crippen LogP contribution in [0.5, 0.6) is 5.75 Å². The molecule has 0 saturated carbocycles. The van der Waals surface area contributed by atoms with Crippen LogP contribution in [0.15, 0.2) is 36.5 Å². The number of carbonyl (C=O) groups excluding carboxylic acids is 1. The molecule has 0 spiro atoms. The van der Waals surface area contributed by atoms with Gasteiger partial charge in [0.1, 0.15) is 10.9 Å². The summed E-state index contributed by atoms with van der Waals surface area (Å²) in [5, 5.41) is 0.216. The number of halogens is 1. The molecule has 0 N–H and O–H groups in total. The number of methoxy groups -OCH3 is 1. The Bertz CT molecular complexity index is 538. The smallest absolute Gasteiger partial charge is 0.153 e. The molecule has 1 aromatic heterocycles. The first-order chi connectivity index (χ1) is 8.26. The van der Waals surface area contributed by atoms with E-state index in [0.29, 0.717) is 5.56 Å². The summed E-state index contributed by atoms with van der Waals surface area (Å²) >= 11 is 5.87. The third-order valence-electron chi connectivity index (χ3n) is 2.46. The number of aromatic nitrogens is 1. The van der Waals surface area contributed by atoms with E-state index in [9.17, 15) is 4.79 Å². The molecule has 0 aliphatic heterocycles. The molecule has 17 heavy (non-hydrogen) atoms. The summed E-state index contributed by atoms with van der Waals surface area (Å²) in [4.78, 5) is 14.9. The molecule has 1 aromatic carbocycles. The van der Waals surface area contributed by atoms with Crippen molar-refractivity contribution in [2.75, 3.05) is 7.11 Å². The van der Waals surface area contributed by atoms with Crippen molar-refractivity contribution in [2.24, 2.45) is 0 Å². The zero-order valence-electron chi connectivity index (χ0n) is 9.18. The number of pyridine rings is 1. The lowest BCUT2D eigenvalue weighted by Gasteiger charge is -2.06. The summed E-state index contributed by atoms with van der Waals surface area (Å²) in [6.45, 7) is 0. The Morgan fingerprint density at radius 3 is 2.53 bits per heavy atom. The second-order valence-electron chi connectivity index (χ2n) is 3.41. The fourth-order valence-corrected chi connectivity index (χ4v) is 1.78. The molecule has 0 radical (unpaired) electrons. The molecule has 2 rings (SSSR count). The van der Waals surface area contributed by atoms with Gasteiger partial charge >= 0.3 is 0 Å². The van der Waals surface area contributed by atoms with Crippen molar-refractivity contribution in [1.82, 2.24) is 4.98 Å². The summed E-state index contributed by atoms with van der Waals surface area (Å²) < 4.78 is 5.08. The van der Waals surface area contributed by atoms with Crippen molar-refractivity contribution in [3.05, 3.63) is 47.2 Å². The Morgan fingerprint density at radius 2 is 1.94 bits per heavy atom. The fourth-order valence-electron chi connectivity index (χ4n) is 1.58. The molecule has 1 heterocycles. The second kappa shape index (κ2) is 4.97. The van der Waals surface area contributed by atoms with E-state index in [4.69, 9.17) is 16.3 Å². The van der Waals surface area contributed by atoms with Crippen LogP contribution < -0.4 is 4.74 Å². The average Bonchev–Trinajstić information content (AvgIpc) is 2.38. The van der Waals surface area contributed by atoms with Crippen molar-refractivity contribution < 1.29 is 9.53 Å². The third-order valence-corrected chi connectivity index (χ3v) is 2.76. The minimum Gasteiger partial charge on any atom is -0.497 e. The highest BCUT2D eigenvalue weighted by Gasteiger charge is 2.09. The first-order valence-electron chi connectivity index (χ1n) is 5.00. The van der Waals surface area contributed by atoms with E-state index in [1.165, 1.54) is 0 Å². The highest BCUT2D eigenvalue weighted by atomic mass is 35.5. The normalized spacial score (nSPS) is 10.0. The van der Waals surface area contributed by atoms with Gasteiger partial charge in [-0.2, -0.15) is 0 Å². The largest absolute Gasteiger partial charge is 0.497 e. The summed E-state index contributed by atoms with van der Waals surface area (Å²) in [6.07, 6.45) is 2.30. The number of aldehydes is 1. The van der Waals surface area contributed by atoms with Crippen LogP contribution in [0.2, 0.25) is 5.15 Å². The maximum Gasteiger partial charge on any atom is 0.153 e. The van der Waals surface area contributed by atoms with E-state index in [-0.39, 0.29) is 5.15 Å². The van der Waals surface area contributed by atoms with Gasteiger partial charge in [-0.1, -0.05) is 23.7 Å². The van der Waals surface area contributed by atoms with Gasteiger partial charge in [0.05, 0.1) is 12.7 Å². The molecule has 0 atom stereocenters. The van der Waals surface area contributed by atoms with Crippen LogP contribution in [0.1, 0.15) is 10.4 Å². The number of nitrogens with zero attached hydrogens (tertiary/aromatic N) is 1. The number of rotatable bonds is 3. The highest BCUT2D eigenvalue weighted by Crippen LogP contribution is 2.27. The predicted molar refractivity (Wildman–Crippen MR) is 66.6 cm³/mol. The molecule has 4 heteroatoms. The van der Waals surface area contributed by atoms with Crippen LogP contribution in [0.25, 0.3) is 11.1 Å². The SMILES string of the molecule is COc1ccc(-c2ccnc(Cl)c2C=O)cc1. The molecule has 86 valence electrons. The lowest BCUT2D eigenvalue weighted by Crippen LogP contribution is -1.91. The van der Waals surface area contributed by atoms with Crippen LogP contribution in [0, 0.1) is 0 Å². The number of carbonyl (C=O) groups is 1. The number of benzene rings is 1. The Hall–Kier alpha value is -1.87. The lowest BCUT2D eigenvalue weighted by atomic mass is 10.0. The van der Waals surface area contributed by atoms with Crippen LogP contribution in [0.4, 0.5) is 0 Å². The Morgan fingerprint density at radius 1 is 1.24 bits per heavy atom. The van der Waals surface area contributed by atoms with Crippen LogP contribution in [-0.4, -0.2) is 18.4 Å². The van der Waals surface area contributed by atoms with Gasteiger partial charge in [0.25, 0.3) is 0 Å². The van der Waals surface area contributed by atoms with Crippen molar-refractivity contribution in [3.63, 3.8) is 0 Å². The van der Waals surface area contributed by atoms with E-state index in [1.54, 1.807) is 19.4 Å². The molecular formula is C13H10ClNO2. The maximum absolute atomic E-state index is 11.0. The molecule has 3 nitrogen and oxygen atoms in total. The zero-order valence-corrected chi connectivity index (χ0v) is 9.94. The van der Waals surface area contributed by atoms with Crippen molar-refractivity contribution >= 4 is 17.9 Å². The molecule has 0 fully saturated rings. The van der Waals surface area contributed by atoms with Crippen LogP contribution in [0.3, 0.4) is 0 Å². The second-order valence-corrected chi connectivity index (χ2v) is 3.77.